The number of hydrogen-bond acceptors (Lipinski definition) is 2. The summed E-state index contributed by atoms with van der Waals surface area (Å²) in [5.41, 5.74) is 11.8. The van der Waals surface area contributed by atoms with Crippen LogP contribution in [0.1, 0.15) is 47.9 Å². The van der Waals surface area contributed by atoms with Crippen LogP contribution in [0.4, 0.5) is 0 Å². The molecule has 2 aliphatic carbocycles. The van der Waals surface area contributed by atoms with E-state index in [4.69, 9.17) is 10.5 Å². The summed E-state index contributed by atoms with van der Waals surface area (Å²) in [6, 6.07) is 34.0. The van der Waals surface area contributed by atoms with Crippen LogP contribution in [0.5, 0.6) is 0 Å². The molecule has 1 spiro atoms. The first-order chi connectivity index (χ1) is 16.2. The molecule has 0 unspecified atom stereocenters. The van der Waals surface area contributed by atoms with Gasteiger partial charge in [-0.2, -0.15) is 10.5 Å². The summed E-state index contributed by atoms with van der Waals surface area (Å²) in [5, 5.41) is 18.3. The van der Waals surface area contributed by atoms with Crippen molar-refractivity contribution in [1.29, 1.82) is 10.5 Å². The highest BCUT2D eigenvalue weighted by molar-refractivity contribution is 5.86. The van der Waals surface area contributed by atoms with Crippen molar-refractivity contribution in [3.63, 3.8) is 0 Å². The molecule has 4 aromatic carbocycles. The smallest absolute Gasteiger partial charge is 0.0991 e. The molecule has 6 rings (SSSR count). The zero-order chi connectivity index (χ0) is 22.4. The van der Waals surface area contributed by atoms with Gasteiger partial charge in [-0.25, -0.2) is 0 Å². The number of hydrogen-bond donors (Lipinski definition) is 0. The Bertz CT molecular complexity index is 1350. The van der Waals surface area contributed by atoms with E-state index in [2.05, 4.69) is 48.5 Å². The Morgan fingerprint density at radius 1 is 0.515 bits per heavy atom. The lowest BCUT2D eigenvalue weighted by Crippen LogP contribution is -2.20. The highest BCUT2D eigenvalue weighted by Crippen LogP contribution is 2.57. The molecule has 4 aromatic rings. The molecule has 2 nitrogen and oxygen atoms in total. The van der Waals surface area contributed by atoms with Gasteiger partial charge in [0.15, 0.2) is 0 Å². The van der Waals surface area contributed by atoms with Crippen molar-refractivity contribution in [3.05, 3.63) is 107 Å². The summed E-state index contributed by atoms with van der Waals surface area (Å²) in [7, 11) is 0. The Hall–Kier alpha value is -4.14. The first-order valence-corrected chi connectivity index (χ1v) is 11.5. The average Bonchev–Trinajstić information content (AvgIpc) is 3.48. The second-order valence-electron chi connectivity index (χ2n) is 9.19. The van der Waals surface area contributed by atoms with Crippen LogP contribution in [0.2, 0.25) is 0 Å². The van der Waals surface area contributed by atoms with Gasteiger partial charge < -0.3 is 0 Å². The lowest BCUT2D eigenvalue weighted by atomic mass is 9.75. The van der Waals surface area contributed by atoms with Gasteiger partial charge in [0.2, 0.25) is 0 Å². The van der Waals surface area contributed by atoms with Crippen LogP contribution >= 0.6 is 0 Å². The minimum atomic E-state index is 0.0792. The van der Waals surface area contributed by atoms with E-state index in [1.807, 2.05) is 48.5 Å². The van der Waals surface area contributed by atoms with Crippen molar-refractivity contribution in [2.75, 3.05) is 0 Å². The first kappa shape index (κ1) is 19.5. The van der Waals surface area contributed by atoms with Crippen LogP contribution < -0.4 is 0 Å². The normalized spacial score (nSPS) is 15.0. The quantitative estimate of drug-likeness (QED) is 0.334. The van der Waals surface area contributed by atoms with Gasteiger partial charge in [-0.05, 0) is 93.7 Å². The fourth-order valence-electron chi connectivity index (χ4n) is 5.85. The predicted molar refractivity (Wildman–Crippen MR) is 131 cm³/mol. The maximum absolute atomic E-state index is 9.13. The Kier molecular flexibility index (Phi) is 4.42. The fourth-order valence-corrected chi connectivity index (χ4v) is 5.85. The first-order valence-electron chi connectivity index (χ1n) is 11.5. The molecule has 2 aliphatic rings. The van der Waals surface area contributed by atoms with Crippen LogP contribution in [0.3, 0.4) is 0 Å². The largest absolute Gasteiger partial charge is 0.192 e. The van der Waals surface area contributed by atoms with E-state index < -0.39 is 0 Å². The van der Waals surface area contributed by atoms with Crippen molar-refractivity contribution in [3.8, 4) is 45.5 Å². The van der Waals surface area contributed by atoms with Gasteiger partial charge in [-0.3, -0.25) is 0 Å². The maximum Gasteiger partial charge on any atom is 0.0991 e. The maximum atomic E-state index is 9.13. The topological polar surface area (TPSA) is 47.6 Å². The zero-order valence-electron chi connectivity index (χ0n) is 18.3. The van der Waals surface area contributed by atoms with Gasteiger partial charge in [0.1, 0.15) is 0 Å². The third kappa shape index (κ3) is 3.00. The van der Waals surface area contributed by atoms with Crippen LogP contribution in [0.25, 0.3) is 33.4 Å². The third-order valence-corrected chi connectivity index (χ3v) is 7.51. The van der Waals surface area contributed by atoms with E-state index in [0.717, 1.165) is 11.1 Å². The summed E-state index contributed by atoms with van der Waals surface area (Å²) < 4.78 is 0. The fraction of sp³-hybridized carbons (Fsp3) is 0.161. The second-order valence-corrected chi connectivity index (χ2v) is 9.19. The Morgan fingerprint density at radius 3 is 1.30 bits per heavy atom. The third-order valence-electron chi connectivity index (χ3n) is 7.51. The molecule has 0 N–H and O–H groups in total. The van der Waals surface area contributed by atoms with E-state index in [9.17, 15) is 0 Å². The second kappa shape index (κ2) is 7.47. The van der Waals surface area contributed by atoms with Crippen LogP contribution in [-0.2, 0) is 5.41 Å². The highest BCUT2D eigenvalue weighted by atomic mass is 14.5. The van der Waals surface area contributed by atoms with E-state index in [1.165, 1.54) is 59.1 Å². The van der Waals surface area contributed by atoms with Crippen molar-refractivity contribution >= 4 is 0 Å². The van der Waals surface area contributed by atoms with Gasteiger partial charge in [-0.1, -0.05) is 61.4 Å². The summed E-state index contributed by atoms with van der Waals surface area (Å²) in [6.07, 6.45) is 4.86. The minimum absolute atomic E-state index is 0.0792. The SMILES string of the molecule is N#Cc1ccc(-c2ccc3c(c2)C2(CCCC2)c2cc(-c4ccc(C#N)cc4)ccc2-3)cc1. The molecule has 0 saturated heterocycles. The van der Waals surface area contributed by atoms with Gasteiger partial charge in [-0.15, -0.1) is 0 Å². The summed E-state index contributed by atoms with van der Waals surface area (Å²) in [4.78, 5) is 0. The number of benzene rings is 4. The van der Waals surface area contributed by atoms with E-state index in [-0.39, 0.29) is 5.41 Å². The molecule has 0 heterocycles. The standard InChI is InChI=1S/C31H22N2/c32-19-21-3-7-23(8-4-21)25-11-13-27-28-14-12-26(24-9-5-22(20-33)6-10-24)18-30(28)31(29(27)17-25)15-1-2-16-31/h3-14,17-18H,1-2,15-16H2. The average molecular weight is 423 g/mol. The van der Waals surface area contributed by atoms with Crippen LogP contribution in [0.15, 0.2) is 84.9 Å². The summed E-state index contributed by atoms with van der Waals surface area (Å²) in [6.45, 7) is 0. The molecule has 1 fully saturated rings. The monoisotopic (exact) mass is 422 g/mol. The van der Waals surface area contributed by atoms with Gasteiger partial charge >= 0.3 is 0 Å². The van der Waals surface area contributed by atoms with Crippen molar-refractivity contribution < 1.29 is 0 Å². The lowest BCUT2D eigenvalue weighted by molar-refractivity contribution is 0.550. The summed E-state index contributed by atoms with van der Waals surface area (Å²) in [5.74, 6) is 0. The molecule has 0 aliphatic heterocycles. The minimum Gasteiger partial charge on any atom is -0.192 e. The highest BCUT2D eigenvalue weighted by Gasteiger charge is 2.45. The van der Waals surface area contributed by atoms with E-state index in [1.54, 1.807) is 0 Å². The molecule has 0 atom stereocenters. The van der Waals surface area contributed by atoms with E-state index in [0.29, 0.717) is 11.1 Å². The molecule has 0 amide bonds. The van der Waals surface area contributed by atoms with Crippen molar-refractivity contribution in [1.82, 2.24) is 0 Å². The molecule has 156 valence electrons. The van der Waals surface area contributed by atoms with Crippen molar-refractivity contribution in [2.24, 2.45) is 0 Å². The molecule has 1 saturated carbocycles. The lowest BCUT2D eigenvalue weighted by Gasteiger charge is -2.27. The Labute approximate surface area is 194 Å². The van der Waals surface area contributed by atoms with Gasteiger partial charge in [0.25, 0.3) is 0 Å². The molecule has 2 heteroatoms. The predicted octanol–water partition coefficient (Wildman–Crippen LogP) is 7.60. The van der Waals surface area contributed by atoms with E-state index >= 15 is 0 Å². The van der Waals surface area contributed by atoms with Crippen LogP contribution in [0, 0.1) is 22.7 Å². The molecular formula is C31H22N2. The molecular weight excluding hydrogens is 400 g/mol. The zero-order valence-corrected chi connectivity index (χ0v) is 18.3. The number of nitriles is 2. The molecule has 33 heavy (non-hydrogen) atoms. The molecule has 0 bridgehead atoms. The van der Waals surface area contributed by atoms with Crippen LogP contribution in [-0.4, -0.2) is 0 Å². The molecule has 0 aromatic heterocycles. The van der Waals surface area contributed by atoms with Crippen molar-refractivity contribution in [2.45, 2.75) is 31.1 Å². The summed E-state index contributed by atoms with van der Waals surface area (Å²) >= 11 is 0. The number of nitrogens with zero attached hydrogens (tertiary/aromatic N) is 2. The Morgan fingerprint density at radius 2 is 0.909 bits per heavy atom. The Balaban J connectivity index is 1.48. The van der Waals surface area contributed by atoms with Gasteiger partial charge in [0, 0.05) is 5.41 Å². The number of rotatable bonds is 2. The van der Waals surface area contributed by atoms with Gasteiger partial charge in [0.05, 0.1) is 23.3 Å². The molecule has 0 radical (unpaired) electrons. The number of fused-ring (bicyclic) bond motifs is 5.